The van der Waals surface area contributed by atoms with E-state index >= 15 is 0 Å². The molecule has 2 aromatic rings. The minimum atomic E-state index is -0.276. The number of hydrogen-bond donors (Lipinski definition) is 0. The van der Waals surface area contributed by atoms with Crippen molar-refractivity contribution >= 4 is 23.3 Å². The van der Waals surface area contributed by atoms with Crippen molar-refractivity contribution in [2.75, 3.05) is 18.6 Å². The Labute approximate surface area is 174 Å². The summed E-state index contributed by atoms with van der Waals surface area (Å²) in [5, 5.41) is 0. The van der Waals surface area contributed by atoms with Crippen LogP contribution >= 0.6 is 0 Å². The Morgan fingerprint density at radius 1 is 0.967 bits per heavy atom. The molecule has 0 radical (unpaired) electrons. The van der Waals surface area contributed by atoms with Gasteiger partial charge in [-0.2, -0.15) is 0 Å². The van der Waals surface area contributed by atoms with Crippen LogP contribution in [-0.2, 0) is 9.59 Å². The van der Waals surface area contributed by atoms with Crippen molar-refractivity contribution in [3.05, 3.63) is 66.2 Å². The van der Waals surface area contributed by atoms with Crippen LogP contribution in [0.15, 0.2) is 60.7 Å². The molecule has 2 aromatic carbocycles. The van der Waals surface area contributed by atoms with Crippen molar-refractivity contribution in [1.82, 2.24) is 0 Å². The summed E-state index contributed by atoms with van der Waals surface area (Å²) in [6, 6.07) is 13.7. The van der Waals surface area contributed by atoms with Crippen molar-refractivity contribution in [2.24, 2.45) is 23.7 Å². The lowest BCUT2D eigenvalue weighted by molar-refractivity contribution is -0.123. The van der Waals surface area contributed by atoms with E-state index in [2.05, 4.69) is 12.2 Å². The number of anilines is 1. The number of ether oxygens (including phenoxy) is 2. The maximum atomic E-state index is 13.1. The van der Waals surface area contributed by atoms with E-state index in [0.717, 1.165) is 6.42 Å². The molecule has 30 heavy (non-hydrogen) atoms. The van der Waals surface area contributed by atoms with Gasteiger partial charge in [0.1, 0.15) is 11.5 Å². The lowest BCUT2D eigenvalue weighted by Gasteiger charge is -2.20. The highest BCUT2D eigenvalue weighted by atomic mass is 16.5. The molecular weight excluding hydrogens is 382 g/mol. The standard InChI is InChI=1S/C24H21NO5/c1-29-17-10-8-14(9-11-17)19(26)13-30-20-5-3-2-4-18(20)25-23(27)21-15-6-7-16(12-15)22(21)24(25)28/h2-11,15-16,21-22H,12-13H2,1H3/t15-,16+,21-,22-/m0/s1. The van der Waals surface area contributed by atoms with Gasteiger partial charge in [0.05, 0.1) is 24.6 Å². The van der Waals surface area contributed by atoms with Gasteiger partial charge in [-0.05, 0) is 54.7 Å². The van der Waals surface area contributed by atoms with E-state index in [4.69, 9.17) is 9.47 Å². The van der Waals surface area contributed by atoms with Gasteiger partial charge in [-0.15, -0.1) is 0 Å². The molecule has 2 fully saturated rings. The average Bonchev–Trinajstić information content (AvgIpc) is 3.46. The van der Waals surface area contributed by atoms with Gasteiger partial charge in [0.2, 0.25) is 11.8 Å². The number of para-hydroxylation sites is 2. The minimum absolute atomic E-state index is 0.145. The van der Waals surface area contributed by atoms with Gasteiger partial charge in [-0.25, -0.2) is 4.90 Å². The first kappa shape index (κ1) is 18.6. The Morgan fingerprint density at radius 3 is 2.23 bits per heavy atom. The molecule has 152 valence electrons. The van der Waals surface area contributed by atoms with Crippen LogP contribution in [0.1, 0.15) is 16.8 Å². The topological polar surface area (TPSA) is 72.9 Å². The molecular formula is C24H21NO5. The summed E-state index contributed by atoms with van der Waals surface area (Å²) in [6.45, 7) is -0.195. The van der Waals surface area contributed by atoms with Crippen LogP contribution in [0.5, 0.6) is 11.5 Å². The number of carbonyl (C=O) groups excluding carboxylic acids is 3. The van der Waals surface area contributed by atoms with E-state index in [-0.39, 0.29) is 47.9 Å². The summed E-state index contributed by atoms with van der Waals surface area (Å²) in [5.41, 5.74) is 0.905. The summed E-state index contributed by atoms with van der Waals surface area (Å²) < 4.78 is 10.9. The number of imide groups is 1. The lowest BCUT2D eigenvalue weighted by atomic mass is 9.85. The monoisotopic (exact) mass is 403 g/mol. The molecule has 5 rings (SSSR count). The van der Waals surface area contributed by atoms with Crippen molar-refractivity contribution < 1.29 is 23.9 Å². The van der Waals surface area contributed by atoms with Gasteiger partial charge in [0, 0.05) is 5.56 Å². The third-order valence-corrected chi connectivity index (χ3v) is 6.35. The molecule has 6 nitrogen and oxygen atoms in total. The Kier molecular flexibility index (Phi) is 4.42. The van der Waals surface area contributed by atoms with Crippen LogP contribution < -0.4 is 14.4 Å². The Hall–Kier alpha value is -3.41. The summed E-state index contributed by atoms with van der Waals surface area (Å²) in [5.74, 6) is 0.212. The molecule has 0 aromatic heterocycles. The fourth-order valence-corrected chi connectivity index (χ4v) is 4.91. The third kappa shape index (κ3) is 2.83. The number of methoxy groups -OCH3 is 1. The molecule has 0 spiro atoms. The summed E-state index contributed by atoms with van der Waals surface area (Å²) in [7, 11) is 1.56. The zero-order chi connectivity index (χ0) is 20.8. The minimum Gasteiger partial charge on any atom is -0.497 e. The number of Topliss-reactive ketones (excluding diaryl/α,β-unsaturated/α-hetero) is 1. The zero-order valence-electron chi connectivity index (χ0n) is 16.5. The number of rotatable bonds is 6. The van der Waals surface area contributed by atoms with Gasteiger partial charge in [-0.1, -0.05) is 24.3 Å². The van der Waals surface area contributed by atoms with Crippen molar-refractivity contribution in [3.63, 3.8) is 0 Å². The molecule has 1 aliphatic heterocycles. The first-order chi connectivity index (χ1) is 14.6. The lowest BCUT2D eigenvalue weighted by Crippen LogP contribution is -2.33. The van der Waals surface area contributed by atoms with Gasteiger partial charge >= 0.3 is 0 Å². The summed E-state index contributed by atoms with van der Waals surface area (Å²) in [4.78, 5) is 40.0. The molecule has 2 amide bonds. The Balaban J connectivity index is 1.35. The van der Waals surface area contributed by atoms with Crippen LogP contribution in [0.3, 0.4) is 0 Å². The van der Waals surface area contributed by atoms with Crippen molar-refractivity contribution in [1.29, 1.82) is 0 Å². The number of allylic oxidation sites excluding steroid dienone is 2. The second kappa shape index (κ2) is 7.13. The molecule has 1 saturated heterocycles. The molecule has 3 aliphatic rings. The van der Waals surface area contributed by atoms with Crippen LogP contribution in [0.2, 0.25) is 0 Å². The van der Waals surface area contributed by atoms with E-state index < -0.39 is 0 Å². The van der Waals surface area contributed by atoms with Crippen LogP contribution in [0, 0.1) is 23.7 Å². The SMILES string of the molecule is COc1ccc(C(=O)COc2ccccc2N2C(=O)[C@@H]3[C@@H](C2=O)[C@H]2C=C[C@@H]3C2)cc1. The number of carbonyl (C=O) groups is 3. The van der Waals surface area contributed by atoms with Crippen molar-refractivity contribution in [3.8, 4) is 11.5 Å². The first-order valence-corrected chi connectivity index (χ1v) is 10.0. The molecule has 6 heteroatoms. The smallest absolute Gasteiger partial charge is 0.238 e. The normalized spacial score (nSPS) is 26.2. The van der Waals surface area contributed by atoms with Crippen molar-refractivity contribution in [2.45, 2.75) is 6.42 Å². The average molecular weight is 403 g/mol. The highest BCUT2D eigenvalue weighted by molar-refractivity contribution is 6.23. The number of nitrogens with zero attached hydrogens (tertiary/aromatic N) is 1. The Bertz CT molecular complexity index is 1030. The predicted molar refractivity (Wildman–Crippen MR) is 109 cm³/mol. The highest BCUT2D eigenvalue weighted by Crippen LogP contribution is 2.53. The van der Waals surface area contributed by atoms with E-state index in [9.17, 15) is 14.4 Å². The number of ketones is 1. The third-order valence-electron chi connectivity index (χ3n) is 6.35. The number of hydrogen-bond acceptors (Lipinski definition) is 5. The summed E-state index contributed by atoms with van der Waals surface area (Å²) in [6.07, 6.45) is 5.02. The maximum Gasteiger partial charge on any atom is 0.238 e. The largest absolute Gasteiger partial charge is 0.497 e. The van der Waals surface area contributed by atoms with Crippen LogP contribution in [0.25, 0.3) is 0 Å². The van der Waals surface area contributed by atoms with E-state index in [0.29, 0.717) is 22.7 Å². The fourth-order valence-electron chi connectivity index (χ4n) is 4.91. The molecule has 0 N–H and O–H groups in total. The predicted octanol–water partition coefficient (Wildman–Crippen LogP) is 3.27. The Morgan fingerprint density at radius 2 is 1.60 bits per heavy atom. The van der Waals surface area contributed by atoms with E-state index in [1.807, 2.05) is 0 Å². The quantitative estimate of drug-likeness (QED) is 0.421. The van der Waals surface area contributed by atoms with E-state index in [1.165, 1.54) is 4.90 Å². The van der Waals surface area contributed by atoms with E-state index in [1.54, 1.807) is 55.6 Å². The molecule has 0 unspecified atom stereocenters. The number of benzene rings is 2. The second-order valence-corrected chi connectivity index (χ2v) is 7.92. The van der Waals surface area contributed by atoms with Gasteiger partial charge in [0.15, 0.2) is 12.4 Å². The van der Waals surface area contributed by atoms with Crippen LogP contribution in [0.4, 0.5) is 5.69 Å². The van der Waals surface area contributed by atoms with Gasteiger partial charge in [-0.3, -0.25) is 14.4 Å². The molecule has 2 bridgehead atoms. The van der Waals surface area contributed by atoms with Gasteiger partial charge in [0.25, 0.3) is 0 Å². The molecule has 1 saturated carbocycles. The summed E-state index contributed by atoms with van der Waals surface area (Å²) >= 11 is 0. The maximum absolute atomic E-state index is 13.1. The molecule has 4 atom stereocenters. The van der Waals surface area contributed by atoms with Crippen LogP contribution in [-0.4, -0.2) is 31.3 Å². The highest BCUT2D eigenvalue weighted by Gasteiger charge is 2.59. The zero-order valence-corrected chi connectivity index (χ0v) is 16.5. The number of fused-ring (bicyclic) bond motifs is 5. The van der Waals surface area contributed by atoms with Gasteiger partial charge < -0.3 is 9.47 Å². The first-order valence-electron chi connectivity index (χ1n) is 10.0. The second-order valence-electron chi connectivity index (χ2n) is 7.92. The molecule has 2 aliphatic carbocycles. The molecule has 1 heterocycles. The number of amides is 2. The fraction of sp³-hybridized carbons (Fsp3) is 0.292.